The molecule has 118 valence electrons. The molecule has 2 aliphatic heterocycles. The third kappa shape index (κ3) is 1.84. The average molecular weight is 311 g/mol. The van der Waals surface area contributed by atoms with Crippen molar-refractivity contribution in [1.82, 2.24) is 15.0 Å². The lowest BCUT2D eigenvalue weighted by molar-refractivity contribution is 0.176. The summed E-state index contributed by atoms with van der Waals surface area (Å²) in [6.07, 6.45) is 8.96. The Morgan fingerprint density at radius 3 is 2.83 bits per heavy atom. The van der Waals surface area contributed by atoms with Gasteiger partial charge in [0.25, 0.3) is 0 Å². The average Bonchev–Trinajstić information content (AvgIpc) is 3.22. The Hall–Kier alpha value is -2.37. The highest BCUT2D eigenvalue weighted by molar-refractivity contribution is 6.11. The smallest absolute Gasteiger partial charge is 0.163 e. The second-order valence-electron chi connectivity index (χ2n) is 6.56. The maximum atomic E-state index is 13.2. The van der Waals surface area contributed by atoms with Crippen molar-refractivity contribution >= 4 is 11.7 Å². The van der Waals surface area contributed by atoms with E-state index < -0.39 is 0 Å². The zero-order valence-electron chi connectivity index (χ0n) is 12.7. The quantitative estimate of drug-likeness (QED) is 0.881. The van der Waals surface area contributed by atoms with Gasteiger partial charge in [-0.2, -0.15) is 5.10 Å². The summed E-state index contributed by atoms with van der Waals surface area (Å²) in [4.78, 5) is 6.60. The summed E-state index contributed by atoms with van der Waals surface area (Å²) in [6.45, 7) is 0. The Morgan fingerprint density at radius 1 is 1.13 bits per heavy atom. The molecule has 0 saturated heterocycles. The van der Waals surface area contributed by atoms with Crippen LogP contribution in [0, 0.1) is 11.7 Å². The summed E-state index contributed by atoms with van der Waals surface area (Å²) in [5, 5.41) is 4.58. The molecule has 3 heterocycles. The Kier molecular flexibility index (Phi) is 2.74. The first kappa shape index (κ1) is 13.1. The molecule has 5 rings (SSSR count). The standard InChI is InChI=1S/C17H18FN5/c18-12-7-5-11(6-8-12)16-20-21-17-13-3-1-2-4-14(13)22-10-19-9-15(22)23(16)17/h5-10,13-14,17,21H,1-4H2. The van der Waals surface area contributed by atoms with Crippen molar-refractivity contribution in [3.05, 3.63) is 48.2 Å². The van der Waals surface area contributed by atoms with Crippen LogP contribution in [0.25, 0.3) is 0 Å². The minimum Gasteiger partial charge on any atom is -0.314 e. The van der Waals surface area contributed by atoms with Crippen LogP contribution < -0.4 is 10.3 Å². The normalized spacial score (nSPS) is 28.5. The largest absolute Gasteiger partial charge is 0.314 e. The van der Waals surface area contributed by atoms with Crippen molar-refractivity contribution < 1.29 is 4.39 Å². The van der Waals surface area contributed by atoms with Gasteiger partial charge in [-0.15, -0.1) is 0 Å². The maximum absolute atomic E-state index is 13.2. The molecule has 1 aromatic carbocycles. The third-order valence-corrected chi connectivity index (χ3v) is 5.35. The number of rotatable bonds is 1. The number of amidine groups is 1. The van der Waals surface area contributed by atoms with E-state index in [-0.39, 0.29) is 12.0 Å². The second kappa shape index (κ2) is 4.81. The summed E-state index contributed by atoms with van der Waals surface area (Å²) < 4.78 is 15.5. The van der Waals surface area contributed by atoms with Crippen molar-refractivity contribution in [3.63, 3.8) is 0 Å². The van der Waals surface area contributed by atoms with Gasteiger partial charge in [-0.3, -0.25) is 10.3 Å². The van der Waals surface area contributed by atoms with E-state index in [0.717, 1.165) is 17.2 Å². The van der Waals surface area contributed by atoms with Crippen molar-refractivity contribution in [2.75, 3.05) is 4.90 Å². The van der Waals surface area contributed by atoms with Crippen LogP contribution in [0.1, 0.15) is 37.3 Å². The Balaban J connectivity index is 1.60. The van der Waals surface area contributed by atoms with Gasteiger partial charge in [-0.25, -0.2) is 9.37 Å². The molecule has 3 atom stereocenters. The zero-order valence-corrected chi connectivity index (χ0v) is 12.7. The molecule has 1 aromatic heterocycles. The van der Waals surface area contributed by atoms with Gasteiger partial charge >= 0.3 is 0 Å². The topological polar surface area (TPSA) is 45.5 Å². The molecular weight excluding hydrogens is 293 g/mol. The SMILES string of the molecule is Fc1ccc(C2=NNC3C4CCCCC4n4cncc4N23)cc1. The fraction of sp³-hybridized carbons (Fsp3) is 0.412. The first-order valence-electron chi connectivity index (χ1n) is 8.23. The Bertz CT molecular complexity index is 766. The molecular formula is C17H18FN5. The number of benzene rings is 1. The lowest BCUT2D eigenvalue weighted by Gasteiger charge is -2.45. The number of hydrogen-bond acceptors (Lipinski definition) is 4. The van der Waals surface area contributed by atoms with E-state index in [0.29, 0.717) is 12.0 Å². The highest BCUT2D eigenvalue weighted by atomic mass is 19.1. The minimum atomic E-state index is -0.229. The van der Waals surface area contributed by atoms with E-state index in [1.54, 1.807) is 12.1 Å². The minimum absolute atomic E-state index is 0.171. The van der Waals surface area contributed by atoms with Gasteiger partial charge in [0.1, 0.15) is 17.8 Å². The predicted molar refractivity (Wildman–Crippen MR) is 85.6 cm³/mol. The van der Waals surface area contributed by atoms with Crippen molar-refractivity contribution in [1.29, 1.82) is 0 Å². The molecule has 3 unspecified atom stereocenters. The molecule has 23 heavy (non-hydrogen) atoms. The summed E-state index contributed by atoms with van der Waals surface area (Å²) in [5.41, 5.74) is 4.25. The summed E-state index contributed by atoms with van der Waals surface area (Å²) in [5.74, 6) is 2.21. The Morgan fingerprint density at radius 2 is 1.96 bits per heavy atom. The van der Waals surface area contributed by atoms with Crippen LogP contribution in [0.5, 0.6) is 0 Å². The molecule has 6 heteroatoms. The van der Waals surface area contributed by atoms with Crippen molar-refractivity contribution in [2.45, 2.75) is 37.9 Å². The van der Waals surface area contributed by atoms with Gasteiger partial charge in [0.05, 0.1) is 12.5 Å². The maximum Gasteiger partial charge on any atom is 0.163 e. The highest BCUT2D eigenvalue weighted by Gasteiger charge is 2.46. The van der Waals surface area contributed by atoms with Crippen LogP contribution in [-0.2, 0) is 0 Å². The van der Waals surface area contributed by atoms with E-state index in [9.17, 15) is 4.39 Å². The molecule has 1 N–H and O–H groups in total. The van der Waals surface area contributed by atoms with Gasteiger partial charge in [-0.05, 0) is 37.1 Å². The number of fused-ring (bicyclic) bond motifs is 6. The van der Waals surface area contributed by atoms with Crippen LogP contribution in [0.3, 0.4) is 0 Å². The fourth-order valence-corrected chi connectivity index (χ4v) is 4.30. The van der Waals surface area contributed by atoms with Crippen LogP contribution in [0.2, 0.25) is 0 Å². The van der Waals surface area contributed by atoms with E-state index in [1.165, 1.54) is 37.8 Å². The molecule has 0 radical (unpaired) electrons. The van der Waals surface area contributed by atoms with Gasteiger partial charge in [0.2, 0.25) is 0 Å². The van der Waals surface area contributed by atoms with Crippen LogP contribution >= 0.6 is 0 Å². The fourth-order valence-electron chi connectivity index (χ4n) is 4.30. The number of nitrogens with one attached hydrogen (secondary N) is 1. The lowest BCUT2D eigenvalue weighted by Crippen LogP contribution is -2.53. The van der Waals surface area contributed by atoms with Crippen molar-refractivity contribution in [3.8, 4) is 0 Å². The molecule has 3 aliphatic rings. The number of anilines is 1. The molecule has 5 nitrogen and oxygen atoms in total. The zero-order chi connectivity index (χ0) is 15.4. The molecule has 1 aliphatic carbocycles. The third-order valence-electron chi connectivity index (χ3n) is 5.35. The van der Waals surface area contributed by atoms with E-state index in [2.05, 4.69) is 25.0 Å². The molecule has 2 aromatic rings. The number of hydrazone groups is 1. The molecule has 0 bridgehead atoms. The molecule has 0 amide bonds. The number of hydrogen-bond donors (Lipinski definition) is 1. The molecule has 1 saturated carbocycles. The number of halogens is 1. The van der Waals surface area contributed by atoms with Gasteiger partial charge in [0.15, 0.2) is 5.84 Å². The van der Waals surface area contributed by atoms with Gasteiger partial charge in [-0.1, -0.05) is 12.8 Å². The summed E-state index contributed by atoms with van der Waals surface area (Å²) in [6, 6.07) is 7.03. The van der Waals surface area contributed by atoms with E-state index >= 15 is 0 Å². The van der Waals surface area contributed by atoms with Crippen LogP contribution in [0.15, 0.2) is 41.9 Å². The number of aromatic nitrogens is 2. The number of imidazole rings is 1. The van der Waals surface area contributed by atoms with Gasteiger partial charge in [0, 0.05) is 17.5 Å². The van der Waals surface area contributed by atoms with Crippen LogP contribution in [0.4, 0.5) is 10.2 Å². The lowest BCUT2D eigenvalue weighted by atomic mass is 9.80. The second-order valence-corrected chi connectivity index (χ2v) is 6.56. The molecule has 0 spiro atoms. The van der Waals surface area contributed by atoms with Gasteiger partial charge < -0.3 is 4.57 Å². The first-order chi connectivity index (χ1) is 11.3. The first-order valence-corrected chi connectivity index (χ1v) is 8.23. The van der Waals surface area contributed by atoms with E-state index in [1.807, 2.05) is 12.5 Å². The summed E-state index contributed by atoms with van der Waals surface area (Å²) in [7, 11) is 0. The highest BCUT2D eigenvalue weighted by Crippen LogP contribution is 2.45. The monoisotopic (exact) mass is 311 g/mol. The predicted octanol–water partition coefficient (Wildman–Crippen LogP) is 2.86. The van der Waals surface area contributed by atoms with Crippen molar-refractivity contribution in [2.24, 2.45) is 11.0 Å². The van der Waals surface area contributed by atoms with Crippen LogP contribution in [-0.4, -0.2) is 21.6 Å². The molecule has 1 fully saturated rings. The summed E-state index contributed by atoms with van der Waals surface area (Å²) >= 11 is 0. The number of nitrogens with zero attached hydrogens (tertiary/aromatic N) is 4. The van der Waals surface area contributed by atoms with E-state index in [4.69, 9.17) is 0 Å². The Labute approximate surface area is 133 Å².